The number of nitrogens with zero attached hydrogens (tertiary/aromatic N) is 3. The summed E-state index contributed by atoms with van der Waals surface area (Å²) in [6.45, 7) is 3.55. The van der Waals surface area contributed by atoms with Crippen LogP contribution >= 0.6 is 11.8 Å². The smallest absolute Gasteiger partial charge is 0.129 e. The molecule has 5 nitrogen and oxygen atoms in total. The average Bonchev–Trinajstić information content (AvgIpc) is 2.51. The minimum atomic E-state index is -0.137. The monoisotopic (exact) mass is 322 g/mol. The molecular weight excluding hydrogens is 296 g/mol. The van der Waals surface area contributed by atoms with Crippen molar-refractivity contribution >= 4 is 17.6 Å². The number of hydrogen-bond acceptors (Lipinski definition) is 6. The first kappa shape index (κ1) is 16.0. The summed E-state index contributed by atoms with van der Waals surface area (Å²) in [7, 11) is 0. The molecule has 122 valence electrons. The van der Waals surface area contributed by atoms with Gasteiger partial charge in [-0.3, -0.25) is 0 Å². The number of rotatable bonds is 6. The SMILES string of the molecule is CSCCN1CCC(Nc2cc(C3CC(O)C3)ncn2)CC1. The van der Waals surface area contributed by atoms with E-state index in [0.717, 1.165) is 24.4 Å². The summed E-state index contributed by atoms with van der Waals surface area (Å²) in [4.78, 5) is 11.3. The molecule has 0 atom stereocenters. The number of piperidine rings is 1. The number of aliphatic hydroxyl groups is 1. The molecule has 2 aliphatic rings. The Balaban J connectivity index is 1.48. The fraction of sp³-hybridized carbons (Fsp3) is 0.750. The summed E-state index contributed by atoms with van der Waals surface area (Å²) in [6.07, 6.45) is 7.71. The minimum Gasteiger partial charge on any atom is -0.393 e. The normalized spacial score (nSPS) is 26.6. The van der Waals surface area contributed by atoms with Gasteiger partial charge in [0.2, 0.25) is 0 Å². The van der Waals surface area contributed by atoms with Crippen LogP contribution in [0.3, 0.4) is 0 Å². The first-order valence-corrected chi connectivity index (χ1v) is 9.62. The van der Waals surface area contributed by atoms with Crippen LogP contribution in [0.1, 0.15) is 37.3 Å². The van der Waals surface area contributed by atoms with E-state index < -0.39 is 0 Å². The molecule has 0 bridgehead atoms. The Bertz CT molecular complexity index is 473. The van der Waals surface area contributed by atoms with E-state index in [1.807, 2.05) is 11.8 Å². The lowest BCUT2D eigenvalue weighted by molar-refractivity contribution is 0.0732. The molecule has 1 aliphatic heterocycles. The molecule has 0 spiro atoms. The molecule has 22 heavy (non-hydrogen) atoms. The standard InChI is InChI=1S/C16H26N4OS/c1-22-7-6-20-4-2-13(3-5-20)19-16-10-15(17-11-18-16)12-8-14(21)9-12/h10-14,21H,2-9H2,1H3,(H,17,18,19). The zero-order chi connectivity index (χ0) is 15.4. The van der Waals surface area contributed by atoms with Gasteiger partial charge < -0.3 is 15.3 Å². The summed E-state index contributed by atoms with van der Waals surface area (Å²) >= 11 is 1.92. The molecule has 2 N–H and O–H groups in total. The van der Waals surface area contributed by atoms with E-state index in [4.69, 9.17) is 0 Å². The average molecular weight is 322 g/mol. The zero-order valence-corrected chi connectivity index (χ0v) is 14.1. The van der Waals surface area contributed by atoms with E-state index in [1.165, 1.54) is 38.2 Å². The van der Waals surface area contributed by atoms with Crippen molar-refractivity contribution in [3.8, 4) is 0 Å². The van der Waals surface area contributed by atoms with Crippen molar-refractivity contribution in [2.75, 3.05) is 37.0 Å². The van der Waals surface area contributed by atoms with Crippen molar-refractivity contribution in [1.82, 2.24) is 14.9 Å². The van der Waals surface area contributed by atoms with Gasteiger partial charge in [0, 0.05) is 49.1 Å². The number of thioether (sulfide) groups is 1. The van der Waals surface area contributed by atoms with Gasteiger partial charge in [-0.25, -0.2) is 9.97 Å². The molecule has 0 radical (unpaired) electrons. The molecule has 1 saturated heterocycles. The number of likely N-dealkylation sites (tertiary alicyclic amines) is 1. The second-order valence-electron chi connectivity index (χ2n) is 6.40. The summed E-state index contributed by atoms with van der Waals surface area (Å²) in [6, 6.07) is 2.58. The third-order valence-corrected chi connectivity index (χ3v) is 5.36. The highest BCUT2D eigenvalue weighted by atomic mass is 32.2. The van der Waals surface area contributed by atoms with E-state index >= 15 is 0 Å². The van der Waals surface area contributed by atoms with Crippen LogP contribution in [0.25, 0.3) is 0 Å². The van der Waals surface area contributed by atoms with Crippen molar-refractivity contribution in [2.45, 2.75) is 43.7 Å². The fourth-order valence-electron chi connectivity index (χ4n) is 3.23. The summed E-state index contributed by atoms with van der Waals surface area (Å²) in [5.74, 6) is 2.57. The van der Waals surface area contributed by atoms with Crippen LogP contribution in [0, 0.1) is 0 Å². The molecule has 1 aromatic heterocycles. The van der Waals surface area contributed by atoms with E-state index in [0.29, 0.717) is 12.0 Å². The first-order chi connectivity index (χ1) is 10.7. The van der Waals surface area contributed by atoms with Crippen molar-refractivity contribution in [3.63, 3.8) is 0 Å². The Morgan fingerprint density at radius 2 is 2.09 bits per heavy atom. The van der Waals surface area contributed by atoms with Gasteiger partial charge in [-0.2, -0.15) is 11.8 Å². The van der Waals surface area contributed by atoms with Crippen LogP contribution in [-0.2, 0) is 0 Å². The number of aliphatic hydroxyl groups excluding tert-OH is 1. The van der Waals surface area contributed by atoms with Crippen LogP contribution in [-0.4, -0.2) is 63.8 Å². The van der Waals surface area contributed by atoms with Crippen LogP contribution in [0.5, 0.6) is 0 Å². The van der Waals surface area contributed by atoms with Crippen LogP contribution in [0.2, 0.25) is 0 Å². The van der Waals surface area contributed by atoms with Crippen LogP contribution in [0.4, 0.5) is 5.82 Å². The number of hydrogen-bond donors (Lipinski definition) is 2. The van der Waals surface area contributed by atoms with Crippen LogP contribution < -0.4 is 5.32 Å². The van der Waals surface area contributed by atoms with Crippen molar-refractivity contribution in [1.29, 1.82) is 0 Å². The maximum absolute atomic E-state index is 9.43. The fourth-order valence-corrected chi connectivity index (χ4v) is 3.68. The van der Waals surface area contributed by atoms with Gasteiger partial charge in [-0.05, 0) is 31.9 Å². The molecule has 0 unspecified atom stereocenters. The third-order valence-electron chi connectivity index (χ3n) is 4.77. The van der Waals surface area contributed by atoms with Gasteiger partial charge in [0.05, 0.1) is 6.10 Å². The number of anilines is 1. The molecule has 1 saturated carbocycles. The predicted molar refractivity (Wildman–Crippen MR) is 91.5 cm³/mol. The quantitative estimate of drug-likeness (QED) is 0.835. The van der Waals surface area contributed by atoms with Crippen molar-refractivity contribution in [2.24, 2.45) is 0 Å². The molecule has 1 aromatic rings. The van der Waals surface area contributed by atoms with Gasteiger partial charge in [-0.15, -0.1) is 0 Å². The van der Waals surface area contributed by atoms with E-state index in [9.17, 15) is 5.11 Å². The van der Waals surface area contributed by atoms with Gasteiger partial charge in [0.1, 0.15) is 12.1 Å². The highest BCUT2D eigenvalue weighted by Crippen LogP contribution is 2.36. The highest BCUT2D eigenvalue weighted by Gasteiger charge is 2.30. The first-order valence-electron chi connectivity index (χ1n) is 8.22. The van der Waals surface area contributed by atoms with Gasteiger partial charge in [0.25, 0.3) is 0 Å². The Morgan fingerprint density at radius 3 is 2.77 bits per heavy atom. The van der Waals surface area contributed by atoms with E-state index in [1.54, 1.807) is 6.33 Å². The molecule has 2 heterocycles. The lowest BCUT2D eigenvalue weighted by atomic mass is 9.80. The van der Waals surface area contributed by atoms with Gasteiger partial charge in [-0.1, -0.05) is 0 Å². The Hall–Kier alpha value is -0.850. The molecule has 0 amide bonds. The largest absolute Gasteiger partial charge is 0.393 e. The minimum absolute atomic E-state index is 0.137. The Labute approximate surface area is 136 Å². The number of nitrogens with one attached hydrogen (secondary N) is 1. The molecular formula is C16H26N4OS. The second-order valence-corrected chi connectivity index (χ2v) is 7.39. The highest BCUT2D eigenvalue weighted by molar-refractivity contribution is 7.98. The molecule has 6 heteroatoms. The number of aromatic nitrogens is 2. The second kappa shape index (κ2) is 7.62. The van der Waals surface area contributed by atoms with Crippen molar-refractivity contribution < 1.29 is 5.11 Å². The Kier molecular flexibility index (Phi) is 5.55. The molecule has 3 rings (SSSR count). The molecule has 1 aliphatic carbocycles. The van der Waals surface area contributed by atoms with E-state index in [-0.39, 0.29) is 6.10 Å². The van der Waals surface area contributed by atoms with Gasteiger partial charge >= 0.3 is 0 Å². The van der Waals surface area contributed by atoms with Crippen LogP contribution in [0.15, 0.2) is 12.4 Å². The van der Waals surface area contributed by atoms with Gasteiger partial charge in [0.15, 0.2) is 0 Å². The topological polar surface area (TPSA) is 61.3 Å². The maximum Gasteiger partial charge on any atom is 0.129 e. The maximum atomic E-state index is 9.43. The lowest BCUT2D eigenvalue weighted by Gasteiger charge is -2.33. The summed E-state index contributed by atoms with van der Waals surface area (Å²) in [5.41, 5.74) is 1.07. The third kappa shape index (κ3) is 4.12. The predicted octanol–water partition coefficient (Wildman–Crippen LogP) is 1.95. The Morgan fingerprint density at radius 1 is 1.32 bits per heavy atom. The molecule has 0 aromatic carbocycles. The van der Waals surface area contributed by atoms with E-state index in [2.05, 4.69) is 32.5 Å². The summed E-state index contributed by atoms with van der Waals surface area (Å²) in [5, 5.41) is 13.0. The lowest BCUT2D eigenvalue weighted by Crippen LogP contribution is -2.40. The zero-order valence-electron chi connectivity index (χ0n) is 13.2. The molecule has 2 fully saturated rings. The summed E-state index contributed by atoms with van der Waals surface area (Å²) < 4.78 is 0. The van der Waals surface area contributed by atoms with Crippen molar-refractivity contribution in [3.05, 3.63) is 18.1 Å².